The molecule has 0 bridgehead atoms. The Bertz CT molecular complexity index is 1410. The van der Waals surface area contributed by atoms with Crippen molar-refractivity contribution in [1.82, 2.24) is 19.3 Å². The number of nitrogens with zero attached hydrogens (tertiary/aromatic N) is 4. The highest BCUT2D eigenvalue weighted by Crippen LogP contribution is 2.25. The fourth-order valence-electron chi connectivity index (χ4n) is 3.72. The number of hydrogen-bond acceptors (Lipinski definition) is 4. The third kappa shape index (κ3) is 4.02. The molecule has 0 radical (unpaired) electrons. The number of hydrogen-bond donors (Lipinski definition) is 1. The standard InChI is InChI=1S/C24H20ClN5O2/c1-16-3-2-4-18(11-16)23-22(26-15-32-23)24(31)28-20-13-27-30(14-20)10-9-29-8-7-17-12-19(25)5-6-21(17)29/h2-8,11-15H,9-10H2,1H3,(H,28,31). The van der Waals surface area contributed by atoms with Crippen molar-refractivity contribution in [1.29, 1.82) is 0 Å². The molecule has 0 unspecified atom stereocenters. The first-order valence-electron chi connectivity index (χ1n) is 10.2. The number of amides is 1. The quantitative estimate of drug-likeness (QED) is 0.379. The maximum Gasteiger partial charge on any atom is 0.278 e. The van der Waals surface area contributed by atoms with E-state index in [1.54, 1.807) is 17.1 Å². The molecule has 5 aromatic rings. The molecule has 0 saturated carbocycles. The summed E-state index contributed by atoms with van der Waals surface area (Å²) in [7, 11) is 0. The van der Waals surface area contributed by atoms with Gasteiger partial charge in [0, 0.05) is 40.4 Å². The Hall–Kier alpha value is -3.84. The molecule has 5 rings (SSSR count). The van der Waals surface area contributed by atoms with Gasteiger partial charge in [-0.05, 0) is 37.3 Å². The monoisotopic (exact) mass is 445 g/mol. The minimum absolute atomic E-state index is 0.237. The molecule has 3 heterocycles. The Morgan fingerprint density at radius 3 is 2.94 bits per heavy atom. The van der Waals surface area contributed by atoms with Gasteiger partial charge >= 0.3 is 0 Å². The van der Waals surface area contributed by atoms with Crippen LogP contribution in [0.4, 0.5) is 5.69 Å². The molecule has 0 atom stereocenters. The maximum atomic E-state index is 12.8. The lowest BCUT2D eigenvalue weighted by Crippen LogP contribution is -2.13. The fourth-order valence-corrected chi connectivity index (χ4v) is 3.90. The van der Waals surface area contributed by atoms with Gasteiger partial charge in [0.2, 0.25) is 0 Å². The van der Waals surface area contributed by atoms with Crippen molar-refractivity contribution in [3.63, 3.8) is 0 Å². The predicted octanol–water partition coefficient (Wildman–Crippen LogP) is 5.41. The number of rotatable bonds is 6. The molecule has 3 aromatic heterocycles. The van der Waals surface area contributed by atoms with Crippen LogP contribution in [-0.2, 0) is 13.1 Å². The van der Waals surface area contributed by atoms with E-state index in [9.17, 15) is 4.79 Å². The van der Waals surface area contributed by atoms with Crippen molar-refractivity contribution in [3.05, 3.63) is 89.8 Å². The van der Waals surface area contributed by atoms with Crippen LogP contribution in [-0.4, -0.2) is 25.2 Å². The van der Waals surface area contributed by atoms with Gasteiger partial charge in [0.15, 0.2) is 17.8 Å². The third-order valence-corrected chi connectivity index (χ3v) is 5.49. The van der Waals surface area contributed by atoms with Crippen LogP contribution in [0.25, 0.3) is 22.2 Å². The highest BCUT2D eigenvalue weighted by Gasteiger charge is 2.19. The summed E-state index contributed by atoms with van der Waals surface area (Å²) in [5.41, 5.74) is 3.83. The summed E-state index contributed by atoms with van der Waals surface area (Å²) < 4.78 is 9.43. The first kappa shape index (κ1) is 20.1. The molecule has 0 aliphatic heterocycles. The Morgan fingerprint density at radius 2 is 2.06 bits per heavy atom. The number of anilines is 1. The molecular weight excluding hydrogens is 426 g/mol. The Balaban J connectivity index is 1.27. The van der Waals surface area contributed by atoms with E-state index < -0.39 is 0 Å². The van der Waals surface area contributed by atoms with E-state index in [-0.39, 0.29) is 11.6 Å². The van der Waals surface area contributed by atoms with Crippen LogP contribution in [0.15, 0.2) is 77.9 Å². The van der Waals surface area contributed by atoms with Crippen molar-refractivity contribution in [2.24, 2.45) is 0 Å². The number of aromatic nitrogens is 4. The molecule has 32 heavy (non-hydrogen) atoms. The van der Waals surface area contributed by atoms with Gasteiger partial charge < -0.3 is 14.3 Å². The Kier molecular flexibility index (Phi) is 5.25. The number of carbonyl (C=O) groups excluding carboxylic acids is 1. The molecule has 7 nitrogen and oxygen atoms in total. The van der Waals surface area contributed by atoms with Crippen LogP contribution in [0.3, 0.4) is 0 Å². The number of fused-ring (bicyclic) bond motifs is 1. The second-order valence-corrected chi connectivity index (χ2v) is 7.99. The van der Waals surface area contributed by atoms with Crippen molar-refractivity contribution in [2.75, 3.05) is 5.32 Å². The lowest BCUT2D eigenvalue weighted by atomic mass is 10.1. The number of oxazole rings is 1. The molecule has 0 saturated heterocycles. The van der Waals surface area contributed by atoms with E-state index in [4.69, 9.17) is 16.0 Å². The van der Waals surface area contributed by atoms with Gasteiger partial charge in [0.25, 0.3) is 5.91 Å². The average Bonchev–Trinajstić information content (AvgIpc) is 3.52. The molecule has 8 heteroatoms. The van der Waals surface area contributed by atoms with Gasteiger partial charge in [-0.3, -0.25) is 9.48 Å². The van der Waals surface area contributed by atoms with Crippen molar-refractivity contribution < 1.29 is 9.21 Å². The molecular formula is C24H20ClN5O2. The van der Waals surface area contributed by atoms with Crippen molar-refractivity contribution in [3.8, 4) is 11.3 Å². The zero-order valence-corrected chi connectivity index (χ0v) is 18.1. The molecule has 0 spiro atoms. The summed E-state index contributed by atoms with van der Waals surface area (Å²) in [6.07, 6.45) is 6.74. The second-order valence-electron chi connectivity index (χ2n) is 7.56. The predicted molar refractivity (Wildman–Crippen MR) is 124 cm³/mol. The zero-order valence-electron chi connectivity index (χ0n) is 17.3. The van der Waals surface area contributed by atoms with Crippen molar-refractivity contribution in [2.45, 2.75) is 20.0 Å². The third-order valence-electron chi connectivity index (χ3n) is 5.26. The maximum absolute atomic E-state index is 12.8. The first-order valence-corrected chi connectivity index (χ1v) is 10.5. The molecule has 1 amide bonds. The van der Waals surface area contributed by atoms with Gasteiger partial charge in [0.05, 0.1) is 18.4 Å². The van der Waals surface area contributed by atoms with E-state index in [0.717, 1.165) is 33.6 Å². The van der Waals surface area contributed by atoms with Crippen LogP contribution in [0.1, 0.15) is 16.1 Å². The summed E-state index contributed by atoms with van der Waals surface area (Å²) in [5.74, 6) is 0.0984. The average molecular weight is 446 g/mol. The van der Waals surface area contributed by atoms with Crippen molar-refractivity contribution >= 4 is 34.1 Å². The molecule has 1 N–H and O–H groups in total. The normalized spacial score (nSPS) is 11.2. The summed E-state index contributed by atoms with van der Waals surface area (Å²) in [4.78, 5) is 16.9. The lowest BCUT2D eigenvalue weighted by molar-refractivity contribution is 0.102. The SMILES string of the molecule is Cc1cccc(-c2ocnc2C(=O)Nc2cnn(CCn3ccc4cc(Cl)ccc43)c2)c1. The lowest BCUT2D eigenvalue weighted by Gasteiger charge is -2.06. The number of halogens is 1. The van der Waals surface area contributed by atoms with Gasteiger partial charge in [-0.25, -0.2) is 4.98 Å². The highest BCUT2D eigenvalue weighted by atomic mass is 35.5. The van der Waals surface area contributed by atoms with Gasteiger partial charge in [-0.1, -0.05) is 35.4 Å². The van der Waals surface area contributed by atoms with E-state index in [0.29, 0.717) is 18.0 Å². The van der Waals surface area contributed by atoms with Gasteiger partial charge in [-0.2, -0.15) is 5.10 Å². The fraction of sp³-hybridized carbons (Fsp3) is 0.125. The summed E-state index contributed by atoms with van der Waals surface area (Å²) in [5, 5.41) is 9.03. The first-order chi connectivity index (χ1) is 15.6. The molecule has 0 aliphatic carbocycles. The molecule has 0 fully saturated rings. The summed E-state index contributed by atoms with van der Waals surface area (Å²) in [6, 6.07) is 15.6. The summed E-state index contributed by atoms with van der Waals surface area (Å²) in [6.45, 7) is 3.38. The van der Waals surface area contributed by atoms with E-state index in [1.807, 2.05) is 61.7 Å². The highest BCUT2D eigenvalue weighted by molar-refractivity contribution is 6.31. The minimum atomic E-state index is -0.344. The second kappa shape index (κ2) is 8.36. The van der Waals surface area contributed by atoms with Gasteiger partial charge in [0.1, 0.15) is 0 Å². The summed E-state index contributed by atoms with van der Waals surface area (Å²) >= 11 is 6.07. The minimum Gasteiger partial charge on any atom is -0.443 e. The van der Waals surface area contributed by atoms with E-state index >= 15 is 0 Å². The largest absolute Gasteiger partial charge is 0.443 e. The number of carbonyl (C=O) groups is 1. The molecule has 0 aliphatic rings. The van der Waals surface area contributed by atoms with E-state index in [1.165, 1.54) is 6.39 Å². The number of benzene rings is 2. The smallest absolute Gasteiger partial charge is 0.278 e. The van der Waals surface area contributed by atoms with Crippen LogP contribution in [0.5, 0.6) is 0 Å². The number of nitrogens with one attached hydrogen (secondary N) is 1. The van der Waals surface area contributed by atoms with Crippen LogP contribution in [0, 0.1) is 6.92 Å². The van der Waals surface area contributed by atoms with Gasteiger partial charge in [-0.15, -0.1) is 0 Å². The Morgan fingerprint density at radius 1 is 1.16 bits per heavy atom. The van der Waals surface area contributed by atoms with E-state index in [2.05, 4.69) is 20.0 Å². The molecule has 2 aromatic carbocycles. The van der Waals surface area contributed by atoms with Crippen LogP contribution in [0.2, 0.25) is 5.02 Å². The number of aryl methyl sites for hydroxylation is 3. The van der Waals surface area contributed by atoms with Crippen LogP contribution >= 0.6 is 11.6 Å². The molecule has 160 valence electrons. The zero-order chi connectivity index (χ0) is 22.1. The Labute approximate surface area is 189 Å². The topological polar surface area (TPSA) is 77.9 Å². The van der Waals surface area contributed by atoms with Crippen LogP contribution < -0.4 is 5.32 Å².